The molecule has 222 valence electrons. The maximum absolute atomic E-state index is 13.2. The summed E-state index contributed by atoms with van der Waals surface area (Å²) in [5, 5.41) is 0. The lowest BCUT2D eigenvalue weighted by Crippen LogP contribution is -2.48. The lowest BCUT2D eigenvalue weighted by Gasteiger charge is -2.37. The molecule has 0 bridgehead atoms. The molecule has 0 aliphatic heterocycles. The Hall–Kier alpha value is -3.79. The van der Waals surface area contributed by atoms with Crippen molar-refractivity contribution in [2.45, 2.75) is 56.0 Å². The minimum Gasteiger partial charge on any atom is -0.744 e. The smallest absolute Gasteiger partial charge is 0.253 e. The SMILES string of the molecule is COCCn1cc[n+]([C@@H]2CC[C@H](C(C(N)=O)(c3ccccc3)c3ccccc3)C2)c1C.Cc1ccc(S(=O)(=O)[O-])cc1. The Labute approximate surface area is 248 Å². The summed E-state index contributed by atoms with van der Waals surface area (Å²) in [6.07, 6.45) is 7.17. The van der Waals surface area contributed by atoms with Crippen LogP contribution in [0.5, 0.6) is 0 Å². The third kappa shape index (κ3) is 6.64. The van der Waals surface area contributed by atoms with Gasteiger partial charge in [-0.1, -0.05) is 78.4 Å². The van der Waals surface area contributed by atoms with Crippen LogP contribution in [-0.2, 0) is 31.6 Å². The van der Waals surface area contributed by atoms with Crippen molar-refractivity contribution in [1.29, 1.82) is 0 Å². The van der Waals surface area contributed by atoms with Crippen LogP contribution in [0.3, 0.4) is 0 Å². The van der Waals surface area contributed by atoms with Crippen LogP contribution in [0.1, 0.15) is 47.8 Å². The van der Waals surface area contributed by atoms with Crippen molar-refractivity contribution in [3.63, 3.8) is 0 Å². The van der Waals surface area contributed by atoms with Gasteiger partial charge in [0.2, 0.25) is 5.91 Å². The Morgan fingerprint density at radius 3 is 2.05 bits per heavy atom. The van der Waals surface area contributed by atoms with Crippen LogP contribution >= 0.6 is 0 Å². The molecule has 0 unspecified atom stereocenters. The molecule has 3 aromatic carbocycles. The second-order valence-electron chi connectivity index (χ2n) is 10.8. The Bertz CT molecular complexity index is 1530. The number of carbonyl (C=O) groups excluding carboxylic acids is 1. The molecule has 1 aliphatic rings. The fourth-order valence-corrected chi connectivity index (χ4v) is 6.63. The van der Waals surface area contributed by atoms with Crippen molar-refractivity contribution in [2.24, 2.45) is 11.7 Å². The molecular formula is C33H39N3O5S. The Kier molecular flexibility index (Phi) is 9.98. The minimum atomic E-state index is -4.27. The van der Waals surface area contributed by atoms with Crippen LogP contribution in [0.2, 0.25) is 0 Å². The van der Waals surface area contributed by atoms with E-state index >= 15 is 0 Å². The summed E-state index contributed by atoms with van der Waals surface area (Å²) in [6, 6.07) is 26.3. The Balaban J connectivity index is 0.000000310. The van der Waals surface area contributed by atoms with Gasteiger partial charge in [0.25, 0.3) is 5.82 Å². The molecule has 2 atom stereocenters. The number of methoxy groups -OCH3 is 1. The van der Waals surface area contributed by atoms with Gasteiger partial charge in [0.1, 0.15) is 40.5 Å². The summed E-state index contributed by atoms with van der Waals surface area (Å²) < 4.78 is 41.0. The molecule has 1 aromatic heterocycles. The number of primary amides is 1. The van der Waals surface area contributed by atoms with Crippen LogP contribution in [-0.4, -0.2) is 37.2 Å². The largest absolute Gasteiger partial charge is 0.744 e. The highest BCUT2D eigenvalue weighted by atomic mass is 32.2. The summed E-state index contributed by atoms with van der Waals surface area (Å²) in [4.78, 5) is 13.1. The standard InChI is InChI=1S/C26H31N3O2.C7H8O3S/c1-20-28(17-18-31-2)15-16-29(20)24-14-13-23(19-24)26(25(27)30,21-9-5-3-6-10-21)22-11-7-4-8-12-22;1-6-2-4-7(5-3-6)11(8,9)10/h3-12,15-16,23-24H,13-14,17-19H2,1-2H3,(H-,27,30);2-5H,1H3,(H,8,9,10)/t23-,24+;/m0./s1. The maximum Gasteiger partial charge on any atom is 0.253 e. The lowest BCUT2D eigenvalue weighted by atomic mass is 9.64. The van der Waals surface area contributed by atoms with Crippen molar-refractivity contribution in [1.82, 2.24) is 4.57 Å². The number of rotatable bonds is 9. The number of nitrogens with zero attached hydrogens (tertiary/aromatic N) is 2. The zero-order valence-electron chi connectivity index (χ0n) is 24.3. The van der Waals surface area contributed by atoms with E-state index in [2.05, 4.69) is 28.5 Å². The Morgan fingerprint density at radius 2 is 1.55 bits per heavy atom. The molecule has 0 spiro atoms. The molecular weight excluding hydrogens is 550 g/mol. The molecule has 4 aromatic rings. The lowest BCUT2D eigenvalue weighted by molar-refractivity contribution is -0.727. The van der Waals surface area contributed by atoms with E-state index in [1.54, 1.807) is 19.2 Å². The second-order valence-corrected chi connectivity index (χ2v) is 12.2. The number of ether oxygens (including phenoxy) is 1. The van der Waals surface area contributed by atoms with Crippen molar-refractivity contribution >= 4 is 16.0 Å². The number of hydrogen-bond donors (Lipinski definition) is 1. The van der Waals surface area contributed by atoms with Gasteiger partial charge in [-0.05, 0) is 55.4 Å². The van der Waals surface area contributed by atoms with E-state index in [9.17, 15) is 17.8 Å². The second kappa shape index (κ2) is 13.5. The molecule has 1 amide bonds. The fourth-order valence-electron chi connectivity index (χ4n) is 6.16. The average Bonchev–Trinajstić information content (AvgIpc) is 3.60. The first kappa shape index (κ1) is 31.2. The molecule has 1 aliphatic carbocycles. The topological polar surface area (TPSA) is 118 Å². The van der Waals surface area contributed by atoms with Crippen LogP contribution in [0.4, 0.5) is 0 Å². The van der Waals surface area contributed by atoms with E-state index in [1.807, 2.05) is 67.6 Å². The van der Waals surface area contributed by atoms with Gasteiger partial charge in [0.15, 0.2) is 0 Å². The van der Waals surface area contributed by atoms with Gasteiger partial charge >= 0.3 is 0 Å². The number of amides is 1. The zero-order valence-corrected chi connectivity index (χ0v) is 25.2. The monoisotopic (exact) mass is 589 g/mol. The molecule has 8 nitrogen and oxygen atoms in total. The highest BCUT2D eigenvalue weighted by molar-refractivity contribution is 7.85. The third-order valence-corrected chi connectivity index (χ3v) is 9.15. The molecule has 9 heteroatoms. The first-order chi connectivity index (χ1) is 20.1. The zero-order chi connectivity index (χ0) is 30.3. The molecule has 0 saturated heterocycles. The highest BCUT2D eigenvalue weighted by Crippen LogP contribution is 2.48. The average molecular weight is 590 g/mol. The normalized spacial score (nSPS) is 17.0. The number of imidazole rings is 1. The molecule has 2 N–H and O–H groups in total. The first-order valence-corrected chi connectivity index (χ1v) is 15.5. The van der Waals surface area contributed by atoms with Gasteiger partial charge in [-0.3, -0.25) is 4.79 Å². The van der Waals surface area contributed by atoms with Gasteiger partial charge in [-0.15, -0.1) is 0 Å². The number of aryl methyl sites for hydroxylation is 1. The van der Waals surface area contributed by atoms with Crippen LogP contribution < -0.4 is 10.3 Å². The van der Waals surface area contributed by atoms with Gasteiger partial charge in [0.05, 0.1) is 11.5 Å². The van der Waals surface area contributed by atoms with Crippen molar-refractivity contribution in [2.75, 3.05) is 13.7 Å². The van der Waals surface area contributed by atoms with E-state index in [1.165, 1.54) is 18.0 Å². The predicted octanol–water partition coefficient (Wildman–Crippen LogP) is 4.44. The summed E-state index contributed by atoms with van der Waals surface area (Å²) in [7, 11) is -2.54. The van der Waals surface area contributed by atoms with E-state index in [4.69, 9.17) is 10.5 Å². The van der Waals surface area contributed by atoms with Crippen molar-refractivity contribution in [3.05, 3.63) is 120 Å². The van der Waals surface area contributed by atoms with E-state index < -0.39 is 15.5 Å². The van der Waals surface area contributed by atoms with Gasteiger partial charge in [-0.25, -0.2) is 17.6 Å². The highest BCUT2D eigenvalue weighted by Gasteiger charge is 2.51. The van der Waals surface area contributed by atoms with Gasteiger partial charge in [0, 0.05) is 14.0 Å². The van der Waals surface area contributed by atoms with Crippen LogP contribution in [0, 0.1) is 19.8 Å². The molecule has 42 heavy (non-hydrogen) atoms. The summed E-state index contributed by atoms with van der Waals surface area (Å²) in [6.45, 7) is 5.50. The van der Waals surface area contributed by atoms with Gasteiger partial charge in [-0.2, -0.15) is 0 Å². The molecule has 1 heterocycles. The predicted molar refractivity (Wildman–Crippen MR) is 160 cm³/mol. The molecule has 1 fully saturated rings. The molecule has 1 saturated carbocycles. The van der Waals surface area contributed by atoms with Crippen molar-refractivity contribution in [3.8, 4) is 0 Å². The first-order valence-electron chi connectivity index (χ1n) is 14.1. The van der Waals surface area contributed by atoms with E-state index in [0.29, 0.717) is 12.6 Å². The Morgan fingerprint density at radius 1 is 0.976 bits per heavy atom. The number of benzene rings is 3. The summed E-state index contributed by atoms with van der Waals surface area (Å²) in [5.74, 6) is 1.08. The molecule has 5 rings (SSSR count). The summed E-state index contributed by atoms with van der Waals surface area (Å²) in [5.41, 5.74) is 8.29. The minimum absolute atomic E-state index is 0.133. The fraction of sp³-hybridized carbons (Fsp3) is 0.333. The van der Waals surface area contributed by atoms with E-state index in [0.717, 1.165) is 42.5 Å². The van der Waals surface area contributed by atoms with Crippen LogP contribution in [0.25, 0.3) is 0 Å². The summed E-state index contributed by atoms with van der Waals surface area (Å²) >= 11 is 0. The van der Waals surface area contributed by atoms with Gasteiger partial charge < -0.3 is 15.0 Å². The molecule has 0 radical (unpaired) electrons. The number of aromatic nitrogens is 2. The number of carbonyl (C=O) groups is 1. The van der Waals surface area contributed by atoms with Crippen LogP contribution in [0.15, 0.2) is 102 Å². The number of nitrogens with two attached hydrogens (primary N) is 1. The third-order valence-electron chi connectivity index (χ3n) is 8.30. The van der Waals surface area contributed by atoms with Crippen molar-refractivity contribution < 1.29 is 27.1 Å². The van der Waals surface area contributed by atoms with E-state index in [-0.39, 0.29) is 16.7 Å². The number of hydrogen-bond acceptors (Lipinski definition) is 5. The maximum atomic E-state index is 13.2. The quantitative estimate of drug-likeness (QED) is 0.229.